The van der Waals surface area contributed by atoms with Crippen LogP contribution < -0.4 is 4.74 Å². The van der Waals surface area contributed by atoms with Crippen molar-refractivity contribution in [1.82, 2.24) is 9.78 Å². The Morgan fingerprint density at radius 3 is 2.74 bits per heavy atom. The van der Waals surface area contributed by atoms with Crippen molar-refractivity contribution in [2.75, 3.05) is 0 Å². The summed E-state index contributed by atoms with van der Waals surface area (Å²) in [5.74, 6) is 0.0654. The fourth-order valence-corrected chi connectivity index (χ4v) is 1.73. The van der Waals surface area contributed by atoms with Crippen molar-refractivity contribution in [1.29, 1.82) is 0 Å². The molecule has 1 aromatic heterocycles. The molecule has 100 valence electrons. The average Bonchev–Trinajstić information content (AvgIpc) is 2.69. The van der Waals surface area contributed by atoms with Gasteiger partial charge in [0.2, 0.25) is 0 Å². The number of nitro groups is 1. The van der Waals surface area contributed by atoms with E-state index in [9.17, 15) is 15.2 Å². The summed E-state index contributed by atoms with van der Waals surface area (Å²) in [7, 11) is 1.56. The summed E-state index contributed by atoms with van der Waals surface area (Å²) < 4.78 is 6.72. The molecule has 0 fully saturated rings. The molecular formula is C12H13N3O4. The number of aromatic hydroxyl groups is 1. The molecule has 0 bridgehead atoms. The van der Waals surface area contributed by atoms with E-state index >= 15 is 0 Å². The van der Waals surface area contributed by atoms with Gasteiger partial charge in [-0.3, -0.25) is 10.1 Å². The van der Waals surface area contributed by atoms with Gasteiger partial charge >= 0.3 is 5.69 Å². The molecule has 0 saturated heterocycles. The SMILES string of the molecule is CCc1nn(C)c(Oc2ccccc2O)c1[N+](=O)[O-]. The number of ether oxygens (including phenoxy) is 1. The van der Waals surface area contributed by atoms with Crippen LogP contribution in [-0.4, -0.2) is 19.8 Å². The summed E-state index contributed by atoms with van der Waals surface area (Å²) in [5.41, 5.74) is 0.172. The minimum atomic E-state index is -0.527. The highest BCUT2D eigenvalue weighted by molar-refractivity contribution is 5.50. The highest BCUT2D eigenvalue weighted by Crippen LogP contribution is 2.37. The summed E-state index contributed by atoms with van der Waals surface area (Å²) >= 11 is 0. The lowest BCUT2D eigenvalue weighted by molar-refractivity contribution is -0.386. The van der Waals surface area contributed by atoms with Gasteiger partial charge in [0.1, 0.15) is 5.69 Å². The molecule has 0 aliphatic carbocycles. The summed E-state index contributed by atoms with van der Waals surface area (Å²) in [6.45, 7) is 1.78. The van der Waals surface area contributed by atoms with Crippen molar-refractivity contribution in [2.45, 2.75) is 13.3 Å². The zero-order valence-corrected chi connectivity index (χ0v) is 10.5. The number of aromatic nitrogens is 2. The fraction of sp³-hybridized carbons (Fsp3) is 0.250. The van der Waals surface area contributed by atoms with Crippen LogP contribution in [0.1, 0.15) is 12.6 Å². The minimum absolute atomic E-state index is 0.00310. The Morgan fingerprint density at radius 1 is 1.47 bits per heavy atom. The van der Waals surface area contributed by atoms with Gasteiger partial charge in [-0.2, -0.15) is 5.10 Å². The number of aryl methyl sites for hydroxylation is 2. The summed E-state index contributed by atoms with van der Waals surface area (Å²) in [5, 5.41) is 24.8. The van der Waals surface area contributed by atoms with Gasteiger partial charge in [0.15, 0.2) is 11.5 Å². The first-order valence-electron chi connectivity index (χ1n) is 5.70. The van der Waals surface area contributed by atoms with E-state index in [-0.39, 0.29) is 23.1 Å². The molecule has 2 aromatic rings. The van der Waals surface area contributed by atoms with Gasteiger partial charge in [-0.05, 0) is 18.6 Å². The predicted molar refractivity (Wildman–Crippen MR) is 67.4 cm³/mol. The van der Waals surface area contributed by atoms with Crippen molar-refractivity contribution < 1.29 is 14.8 Å². The van der Waals surface area contributed by atoms with Gasteiger partial charge in [0, 0.05) is 7.05 Å². The number of hydrogen-bond acceptors (Lipinski definition) is 5. The summed E-state index contributed by atoms with van der Waals surface area (Å²) in [6.07, 6.45) is 0.425. The first-order valence-corrected chi connectivity index (χ1v) is 5.70. The largest absolute Gasteiger partial charge is 0.504 e. The normalized spacial score (nSPS) is 10.4. The summed E-state index contributed by atoms with van der Waals surface area (Å²) in [6, 6.07) is 6.27. The van der Waals surface area contributed by atoms with Crippen LogP contribution in [0.5, 0.6) is 17.4 Å². The standard InChI is InChI=1S/C12H13N3O4/c1-3-8-11(15(17)18)12(14(2)13-8)19-10-7-5-4-6-9(10)16/h4-7,16H,3H2,1-2H3. The lowest BCUT2D eigenvalue weighted by Gasteiger charge is -2.06. The Hall–Kier alpha value is -2.57. The van der Waals surface area contributed by atoms with Crippen molar-refractivity contribution in [3.05, 3.63) is 40.1 Å². The molecular weight excluding hydrogens is 250 g/mol. The van der Waals surface area contributed by atoms with Crippen LogP contribution in [0.3, 0.4) is 0 Å². The minimum Gasteiger partial charge on any atom is -0.504 e. The van der Waals surface area contributed by atoms with E-state index in [1.54, 1.807) is 26.1 Å². The number of phenolic OH excluding ortho intramolecular Hbond substituents is 1. The molecule has 0 aliphatic heterocycles. The zero-order chi connectivity index (χ0) is 14.0. The number of hydrogen-bond donors (Lipinski definition) is 1. The molecule has 19 heavy (non-hydrogen) atoms. The highest BCUT2D eigenvalue weighted by atomic mass is 16.6. The molecule has 1 aromatic carbocycles. The first-order chi connectivity index (χ1) is 9.04. The number of nitrogens with zero attached hydrogens (tertiary/aromatic N) is 3. The van der Waals surface area contributed by atoms with Gasteiger partial charge in [0.05, 0.1) is 4.92 Å². The van der Waals surface area contributed by atoms with E-state index in [0.717, 1.165) is 0 Å². The monoisotopic (exact) mass is 263 g/mol. The molecule has 0 aliphatic rings. The third kappa shape index (κ3) is 2.35. The van der Waals surface area contributed by atoms with Gasteiger partial charge in [-0.15, -0.1) is 0 Å². The van der Waals surface area contributed by atoms with Crippen LogP contribution in [0.15, 0.2) is 24.3 Å². The van der Waals surface area contributed by atoms with Crippen LogP contribution >= 0.6 is 0 Å². The lowest BCUT2D eigenvalue weighted by Crippen LogP contribution is -1.97. The van der Waals surface area contributed by atoms with Gasteiger partial charge in [-0.25, -0.2) is 4.68 Å². The number of benzene rings is 1. The Kier molecular flexibility index (Phi) is 3.37. The second-order valence-electron chi connectivity index (χ2n) is 3.90. The maximum Gasteiger partial charge on any atom is 0.353 e. The maximum atomic E-state index is 11.1. The van der Waals surface area contributed by atoms with Crippen LogP contribution in [0.2, 0.25) is 0 Å². The molecule has 0 saturated carbocycles. The van der Waals surface area contributed by atoms with Gasteiger partial charge < -0.3 is 9.84 Å². The molecule has 7 heteroatoms. The average molecular weight is 263 g/mol. The van der Waals surface area contributed by atoms with Crippen molar-refractivity contribution in [2.24, 2.45) is 7.05 Å². The Morgan fingerprint density at radius 2 is 2.16 bits per heavy atom. The van der Waals surface area contributed by atoms with Gasteiger partial charge in [-0.1, -0.05) is 19.1 Å². The Bertz CT molecular complexity index is 621. The Labute approximate surface area is 109 Å². The van der Waals surface area contributed by atoms with E-state index in [1.807, 2.05) is 0 Å². The Balaban J connectivity index is 2.48. The molecule has 7 nitrogen and oxygen atoms in total. The predicted octanol–water partition coefficient (Wildman–Crippen LogP) is 2.39. The highest BCUT2D eigenvalue weighted by Gasteiger charge is 2.28. The van der Waals surface area contributed by atoms with Gasteiger partial charge in [0.25, 0.3) is 5.88 Å². The van der Waals surface area contributed by atoms with Crippen LogP contribution in [-0.2, 0) is 13.5 Å². The third-order valence-electron chi connectivity index (χ3n) is 2.63. The lowest BCUT2D eigenvalue weighted by atomic mass is 10.3. The van der Waals surface area contributed by atoms with E-state index in [0.29, 0.717) is 12.1 Å². The van der Waals surface area contributed by atoms with E-state index < -0.39 is 4.92 Å². The van der Waals surface area contributed by atoms with Crippen molar-refractivity contribution in [3.8, 4) is 17.4 Å². The van der Waals surface area contributed by atoms with E-state index in [2.05, 4.69) is 5.10 Å². The molecule has 0 amide bonds. The molecule has 0 radical (unpaired) electrons. The second-order valence-corrected chi connectivity index (χ2v) is 3.90. The van der Waals surface area contributed by atoms with Crippen LogP contribution in [0.4, 0.5) is 5.69 Å². The van der Waals surface area contributed by atoms with Crippen LogP contribution in [0.25, 0.3) is 0 Å². The topological polar surface area (TPSA) is 90.4 Å². The second kappa shape index (κ2) is 4.97. The van der Waals surface area contributed by atoms with Crippen molar-refractivity contribution >= 4 is 5.69 Å². The van der Waals surface area contributed by atoms with Crippen LogP contribution in [0, 0.1) is 10.1 Å². The number of rotatable bonds is 4. The van der Waals surface area contributed by atoms with Crippen molar-refractivity contribution in [3.63, 3.8) is 0 Å². The molecule has 0 atom stereocenters. The third-order valence-corrected chi connectivity index (χ3v) is 2.63. The zero-order valence-electron chi connectivity index (χ0n) is 10.5. The molecule has 0 spiro atoms. The smallest absolute Gasteiger partial charge is 0.353 e. The first kappa shape index (κ1) is 12.9. The molecule has 0 unspecified atom stereocenters. The van der Waals surface area contributed by atoms with E-state index in [1.165, 1.54) is 16.8 Å². The number of phenols is 1. The maximum absolute atomic E-state index is 11.1. The van der Waals surface area contributed by atoms with E-state index in [4.69, 9.17) is 4.74 Å². The molecule has 2 rings (SSSR count). The number of para-hydroxylation sites is 2. The molecule has 1 heterocycles. The quantitative estimate of drug-likeness (QED) is 0.675. The summed E-state index contributed by atoms with van der Waals surface area (Å²) in [4.78, 5) is 10.6. The fourth-order valence-electron chi connectivity index (χ4n) is 1.73. The molecule has 1 N–H and O–H groups in total.